The Labute approximate surface area is 124 Å². The van der Waals surface area contributed by atoms with E-state index in [-0.39, 0.29) is 23.3 Å². The van der Waals surface area contributed by atoms with Crippen LogP contribution in [0.4, 0.5) is 4.39 Å². The van der Waals surface area contributed by atoms with E-state index in [1.165, 1.54) is 24.6 Å². The van der Waals surface area contributed by atoms with E-state index in [0.29, 0.717) is 11.5 Å². The first-order valence-electron chi connectivity index (χ1n) is 7.28. The van der Waals surface area contributed by atoms with Gasteiger partial charge in [-0.25, -0.2) is 4.39 Å². The molecule has 1 N–H and O–H groups in total. The lowest BCUT2D eigenvalue weighted by Gasteiger charge is -2.29. The Kier molecular flexibility index (Phi) is 5.10. The molecule has 0 saturated heterocycles. The van der Waals surface area contributed by atoms with Crippen LogP contribution in [-0.2, 0) is 4.79 Å². The Hall–Kier alpha value is -2.15. The van der Waals surface area contributed by atoms with Crippen molar-refractivity contribution in [2.75, 3.05) is 0 Å². The summed E-state index contributed by atoms with van der Waals surface area (Å²) in [5, 5.41) is 12.1. The van der Waals surface area contributed by atoms with Gasteiger partial charge < -0.3 is 5.32 Å². The maximum absolute atomic E-state index is 12.9. The second kappa shape index (κ2) is 7.03. The van der Waals surface area contributed by atoms with E-state index in [0.717, 1.165) is 19.3 Å². The summed E-state index contributed by atoms with van der Waals surface area (Å²) in [6.45, 7) is 2.12. The van der Waals surface area contributed by atoms with Crippen LogP contribution in [0.15, 0.2) is 29.8 Å². The molecule has 1 amide bonds. The summed E-state index contributed by atoms with van der Waals surface area (Å²) in [4.78, 5) is 12.2. The molecule has 1 aromatic rings. The van der Waals surface area contributed by atoms with Gasteiger partial charge in [0, 0.05) is 6.04 Å². The van der Waals surface area contributed by atoms with Crippen molar-refractivity contribution in [2.45, 2.75) is 38.6 Å². The standard InChI is InChI=1S/C17H19FN2O/c1-12-4-2-3-5-16(12)20-17(21)14(11-19)10-13-6-8-15(18)9-7-13/h6-10,12,16H,2-5H2,1H3,(H,20,21)/b14-10+/t12-,16-/m0/s1. The molecule has 1 aliphatic rings. The average molecular weight is 286 g/mol. The van der Waals surface area contributed by atoms with Gasteiger partial charge >= 0.3 is 0 Å². The highest BCUT2D eigenvalue weighted by atomic mass is 19.1. The minimum absolute atomic E-state index is 0.0550. The fraction of sp³-hybridized carbons (Fsp3) is 0.412. The van der Waals surface area contributed by atoms with E-state index >= 15 is 0 Å². The van der Waals surface area contributed by atoms with Crippen molar-refractivity contribution in [1.82, 2.24) is 5.32 Å². The number of carbonyl (C=O) groups excluding carboxylic acids is 1. The van der Waals surface area contributed by atoms with Crippen molar-refractivity contribution in [3.05, 3.63) is 41.2 Å². The zero-order valence-electron chi connectivity index (χ0n) is 12.1. The highest BCUT2D eigenvalue weighted by Crippen LogP contribution is 2.24. The topological polar surface area (TPSA) is 52.9 Å². The Morgan fingerprint density at radius 3 is 2.62 bits per heavy atom. The first-order chi connectivity index (χ1) is 10.1. The number of nitrogens with zero attached hydrogens (tertiary/aromatic N) is 1. The molecule has 3 nitrogen and oxygen atoms in total. The van der Waals surface area contributed by atoms with Gasteiger partial charge in [0.15, 0.2) is 0 Å². The molecule has 110 valence electrons. The molecular weight excluding hydrogens is 267 g/mol. The molecule has 1 aromatic carbocycles. The lowest BCUT2D eigenvalue weighted by atomic mass is 9.86. The maximum atomic E-state index is 12.9. The van der Waals surface area contributed by atoms with Crippen LogP contribution in [0.5, 0.6) is 0 Å². The van der Waals surface area contributed by atoms with Crippen LogP contribution < -0.4 is 5.32 Å². The third-order valence-corrected chi connectivity index (χ3v) is 3.97. The number of hydrogen-bond acceptors (Lipinski definition) is 2. The van der Waals surface area contributed by atoms with Crippen LogP contribution >= 0.6 is 0 Å². The normalized spacial score (nSPS) is 22.4. The lowest BCUT2D eigenvalue weighted by molar-refractivity contribution is -0.118. The molecule has 0 aliphatic heterocycles. The lowest BCUT2D eigenvalue weighted by Crippen LogP contribution is -2.41. The predicted octanol–water partition coefficient (Wildman–Crippen LogP) is 3.43. The van der Waals surface area contributed by atoms with Crippen LogP contribution in [0.25, 0.3) is 6.08 Å². The maximum Gasteiger partial charge on any atom is 0.262 e. The van der Waals surface area contributed by atoms with Crippen LogP contribution in [0.2, 0.25) is 0 Å². The van der Waals surface area contributed by atoms with Gasteiger partial charge in [0.1, 0.15) is 17.5 Å². The molecule has 0 unspecified atom stereocenters. The molecule has 0 heterocycles. The summed E-state index contributed by atoms with van der Waals surface area (Å²) in [7, 11) is 0. The Bertz CT molecular complexity index is 571. The molecule has 0 spiro atoms. The van der Waals surface area contributed by atoms with Crippen molar-refractivity contribution in [2.24, 2.45) is 5.92 Å². The Morgan fingerprint density at radius 2 is 2.00 bits per heavy atom. The number of hydrogen-bond donors (Lipinski definition) is 1. The first-order valence-corrected chi connectivity index (χ1v) is 7.28. The third-order valence-electron chi connectivity index (χ3n) is 3.97. The van der Waals surface area contributed by atoms with Gasteiger partial charge in [-0.2, -0.15) is 5.26 Å². The van der Waals surface area contributed by atoms with Crippen LogP contribution in [-0.4, -0.2) is 11.9 Å². The molecule has 0 radical (unpaired) electrons. The van der Waals surface area contributed by atoms with Gasteiger partial charge in [-0.1, -0.05) is 31.9 Å². The first kappa shape index (κ1) is 15.2. The number of carbonyl (C=O) groups is 1. The van der Waals surface area contributed by atoms with Crippen molar-refractivity contribution in [1.29, 1.82) is 5.26 Å². The SMILES string of the molecule is C[C@H]1CCCC[C@@H]1NC(=O)/C(C#N)=C/c1ccc(F)cc1. The summed E-state index contributed by atoms with van der Waals surface area (Å²) in [6, 6.07) is 7.76. The van der Waals surface area contributed by atoms with E-state index < -0.39 is 0 Å². The zero-order chi connectivity index (χ0) is 15.2. The van der Waals surface area contributed by atoms with E-state index in [4.69, 9.17) is 5.26 Å². The third kappa shape index (κ3) is 4.16. The predicted molar refractivity (Wildman–Crippen MR) is 79.6 cm³/mol. The van der Waals surface area contributed by atoms with E-state index in [1.807, 2.05) is 6.07 Å². The number of nitriles is 1. The van der Waals surface area contributed by atoms with Gasteiger partial charge in [0.25, 0.3) is 5.91 Å². The monoisotopic (exact) mass is 286 g/mol. The number of halogens is 1. The second-order valence-corrected chi connectivity index (χ2v) is 5.56. The summed E-state index contributed by atoms with van der Waals surface area (Å²) in [5.74, 6) is -0.250. The van der Waals surface area contributed by atoms with Gasteiger partial charge in [-0.15, -0.1) is 0 Å². The van der Waals surface area contributed by atoms with Crippen molar-refractivity contribution < 1.29 is 9.18 Å². The number of nitrogens with one attached hydrogen (secondary N) is 1. The molecule has 21 heavy (non-hydrogen) atoms. The quantitative estimate of drug-likeness (QED) is 0.683. The summed E-state index contributed by atoms with van der Waals surface area (Å²) < 4.78 is 12.9. The molecular formula is C17H19FN2O. The highest BCUT2D eigenvalue weighted by molar-refractivity contribution is 6.01. The van der Waals surface area contributed by atoms with Crippen molar-refractivity contribution >= 4 is 12.0 Å². The van der Waals surface area contributed by atoms with Gasteiger partial charge in [-0.3, -0.25) is 4.79 Å². The fourth-order valence-corrected chi connectivity index (χ4v) is 2.65. The second-order valence-electron chi connectivity index (χ2n) is 5.56. The molecule has 0 bridgehead atoms. The molecule has 2 rings (SSSR count). The minimum atomic E-state index is -0.347. The van der Waals surface area contributed by atoms with Crippen LogP contribution in [0, 0.1) is 23.1 Å². The molecule has 1 aliphatic carbocycles. The number of rotatable bonds is 3. The molecule has 4 heteroatoms. The number of benzene rings is 1. The van der Waals surface area contributed by atoms with Crippen molar-refractivity contribution in [3.63, 3.8) is 0 Å². The van der Waals surface area contributed by atoms with Crippen molar-refractivity contribution in [3.8, 4) is 6.07 Å². The van der Waals surface area contributed by atoms with E-state index in [1.54, 1.807) is 12.1 Å². The summed E-state index contributed by atoms with van der Waals surface area (Å²) >= 11 is 0. The van der Waals surface area contributed by atoms with E-state index in [2.05, 4.69) is 12.2 Å². The summed E-state index contributed by atoms with van der Waals surface area (Å²) in [6.07, 6.45) is 5.86. The fourth-order valence-electron chi connectivity index (χ4n) is 2.65. The largest absolute Gasteiger partial charge is 0.348 e. The van der Waals surface area contributed by atoms with Gasteiger partial charge in [-0.05, 0) is 42.5 Å². The Morgan fingerprint density at radius 1 is 1.33 bits per heavy atom. The highest BCUT2D eigenvalue weighted by Gasteiger charge is 2.23. The average Bonchev–Trinajstić information content (AvgIpc) is 2.49. The molecule has 1 saturated carbocycles. The summed E-state index contributed by atoms with van der Waals surface area (Å²) in [5.41, 5.74) is 0.694. The van der Waals surface area contributed by atoms with E-state index in [9.17, 15) is 9.18 Å². The zero-order valence-corrected chi connectivity index (χ0v) is 12.1. The molecule has 0 aromatic heterocycles. The van der Waals surface area contributed by atoms with Gasteiger partial charge in [0.2, 0.25) is 0 Å². The Balaban J connectivity index is 2.08. The number of amides is 1. The molecule has 2 atom stereocenters. The van der Waals surface area contributed by atoms with Crippen LogP contribution in [0.1, 0.15) is 38.2 Å². The smallest absolute Gasteiger partial charge is 0.262 e. The van der Waals surface area contributed by atoms with Crippen LogP contribution in [0.3, 0.4) is 0 Å². The van der Waals surface area contributed by atoms with Gasteiger partial charge in [0.05, 0.1) is 0 Å². The minimum Gasteiger partial charge on any atom is -0.348 e. The molecule has 1 fully saturated rings.